The molecule has 5 heteroatoms. The normalized spacial score (nSPS) is 15.2. The van der Waals surface area contributed by atoms with Crippen LogP contribution in [0.2, 0.25) is 0 Å². The number of aliphatic hydroxyl groups is 2. The van der Waals surface area contributed by atoms with Gasteiger partial charge in [-0.2, -0.15) is 0 Å². The van der Waals surface area contributed by atoms with E-state index in [0.717, 1.165) is 6.42 Å². The molecule has 0 heterocycles. The number of carboxylic acids is 1. The molecule has 0 aromatic carbocycles. The SMILES string of the molecule is CC/C=C\CC(=O)/C=C/C=C\C=C\C=C\[C@@H](O)[C@@H](O)C/C=C\CCC(=O)O. The number of carbonyl (C=O) groups is 2. The Hall–Kier alpha value is -2.50. The summed E-state index contributed by atoms with van der Waals surface area (Å²) in [5, 5.41) is 28.1. The predicted molar refractivity (Wildman–Crippen MR) is 108 cm³/mol. The maximum atomic E-state index is 11.4. The standard InChI is InChI=1S/C22H30O5/c1-2-3-9-14-19(23)15-10-6-4-5-7-11-16-20(24)21(25)17-12-8-13-18-22(26)27/h3-12,15-16,20-21,24-25H,2,13-14,17-18H2,1H3,(H,26,27)/b6-4-,7-5+,9-3-,12-8-,15-10+,16-11+/t20-,21+/m1/s1. The van der Waals surface area contributed by atoms with Crippen LogP contribution in [0.15, 0.2) is 72.9 Å². The van der Waals surface area contributed by atoms with E-state index in [9.17, 15) is 19.8 Å². The Morgan fingerprint density at radius 1 is 0.889 bits per heavy atom. The van der Waals surface area contributed by atoms with Gasteiger partial charge in [0.15, 0.2) is 5.78 Å². The minimum atomic E-state index is -1.00. The average Bonchev–Trinajstić information content (AvgIpc) is 2.63. The molecule has 0 saturated carbocycles. The Bertz CT molecular complexity index is 594. The number of hydrogen-bond acceptors (Lipinski definition) is 4. The van der Waals surface area contributed by atoms with Crippen LogP contribution in [0.5, 0.6) is 0 Å². The molecule has 0 radical (unpaired) electrons. The van der Waals surface area contributed by atoms with Gasteiger partial charge in [-0.15, -0.1) is 0 Å². The molecular weight excluding hydrogens is 344 g/mol. The van der Waals surface area contributed by atoms with Crippen molar-refractivity contribution in [2.45, 2.75) is 51.2 Å². The van der Waals surface area contributed by atoms with Crippen LogP contribution in [0.4, 0.5) is 0 Å². The van der Waals surface area contributed by atoms with Crippen LogP contribution in [0, 0.1) is 0 Å². The third kappa shape index (κ3) is 16.7. The molecule has 148 valence electrons. The van der Waals surface area contributed by atoms with Crippen molar-refractivity contribution in [3.63, 3.8) is 0 Å². The van der Waals surface area contributed by atoms with E-state index in [0.29, 0.717) is 12.8 Å². The van der Waals surface area contributed by atoms with Gasteiger partial charge < -0.3 is 15.3 Å². The first-order chi connectivity index (χ1) is 13.0. The van der Waals surface area contributed by atoms with Crippen molar-refractivity contribution in [2.75, 3.05) is 0 Å². The largest absolute Gasteiger partial charge is 0.481 e. The van der Waals surface area contributed by atoms with Crippen molar-refractivity contribution in [1.82, 2.24) is 0 Å². The van der Waals surface area contributed by atoms with Crippen LogP contribution >= 0.6 is 0 Å². The summed E-state index contributed by atoms with van der Waals surface area (Å²) in [7, 11) is 0. The molecule has 27 heavy (non-hydrogen) atoms. The van der Waals surface area contributed by atoms with E-state index in [1.54, 1.807) is 48.6 Å². The van der Waals surface area contributed by atoms with Crippen LogP contribution in [0.1, 0.15) is 39.0 Å². The fourth-order valence-corrected chi connectivity index (χ4v) is 1.86. The summed E-state index contributed by atoms with van der Waals surface area (Å²) in [5.41, 5.74) is 0. The molecule has 0 aliphatic heterocycles. The lowest BCUT2D eigenvalue weighted by Gasteiger charge is -2.11. The van der Waals surface area contributed by atoms with E-state index in [1.165, 1.54) is 12.2 Å². The van der Waals surface area contributed by atoms with Gasteiger partial charge in [0.2, 0.25) is 0 Å². The van der Waals surface area contributed by atoms with Crippen molar-refractivity contribution >= 4 is 11.8 Å². The van der Waals surface area contributed by atoms with Crippen LogP contribution in [-0.4, -0.2) is 39.3 Å². The fraction of sp³-hybridized carbons (Fsp3) is 0.364. The zero-order valence-corrected chi connectivity index (χ0v) is 15.8. The zero-order valence-electron chi connectivity index (χ0n) is 15.8. The van der Waals surface area contributed by atoms with E-state index < -0.39 is 18.2 Å². The second kappa shape index (κ2) is 16.9. The molecule has 0 aromatic heterocycles. The monoisotopic (exact) mass is 374 g/mol. The Labute approximate surface area is 161 Å². The van der Waals surface area contributed by atoms with E-state index >= 15 is 0 Å². The van der Waals surface area contributed by atoms with Gasteiger partial charge in [0, 0.05) is 12.8 Å². The highest BCUT2D eigenvalue weighted by molar-refractivity contribution is 5.90. The summed E-state index contributed by atoms with van der Waals surface area (Å²) in [4.78, 5) is 21.8. The number of carboxylic acid groups (broad SMARTS) is 1. The van der Waals surface area contributed by atoms with Gasteiger partial charge >= 0.3 is 5.97 Å². The molecule has 5 nitrogen and oxygen atoms in total. The van der Waals surface area contributed by atoms with Crippen molar-refractivity contribution in [3.05, 3.63) is 72.9 Å². The molecule has 2 atom stereocenters. The van der Waals surface area contributed by atoms with Crippen molar-refractivity contribution in [1.29, 1.82) is 0 Å². The molecule has 0 aliphatic carbocycles. The highest BCUT2D eigenvalue weighted by atomic mass is 16.4. The number of carbonyl (C=O) groups excluding carboxylic acids is 1. The van der Waals surface area contributed by atoms with Crippen LogP contribution in [0.25, 0.3) is 0 Å². The Morgan fingerprint density at radius 2 is 1.56 bits per heavy atom. The third-order valence-electron chi connectivity index (χ3n) is 3.33. The first kappa shape index (κ1) is 24.5. The Balaban J connectivity index is 4.08. The van der Waals surface area contributed by atoms with Gasteiger partial charge in [-0.05, 0) is 25.3 Å². The fourth-order valence-electron chi connectivity index (χ4n) is 1.86. The van der Waals surface area contributed by atoms with E-state index in [-0.39, 0.29) is 18.6 Å². The first-order valence-electron chi connectivity index (χ1n) is 9.06. The minimum absolute atomic E-state index is 0.0438. The zero-order chi connectivity index (χ0) is 20.3. The van der Waals surface area contributed by atoms with Gasteiger partial charge in [-0.25, -0.2) is 0 Å². The van der Waals surface area contributed by atoms with E-state index in [4.69, 9.17) is 5.11 Å². The molecule has 0 spiro atoms. The number of hydrogen-bond donors (Lipinski definition) is 3. The van der Waals surface area contributed by atoms with Crippen molar-refractivity contribution < 1.29 is 24.9 Å². The van der Waals surface area contributed by atoms with Crippen LogP contribution < -0.4 is 0 Å². The average molecular weight is 374 g/mol. The lowest BCUT2D eigenvalue weighted by atomic mass is 10.1. The van der Waals surface area contributed by atoms with Gasteiger partial charge in [-0.3, -0.25) is 9.59 Å². The second-order valence-electron chi connectivity index (χ2n) is 5.76. The van der Waals surface area contributed by atoms with Gasteiger partial charge in [0.1, 0.15) is 0 Å². The first-order valence-corrected chi connectivity index (χ1v) is 9.06. The number of ketones is 1. The van der Waals surface area contributed by atoms with Crippen molar-refractivity contribution in [2.24, 2.45) is 0 Å². The highest BCUT2D eigenvalue weighted by Crippen LogP contribution is 2.03. The smallest absolute Gasteiger partial charge is 0.303 e. The number of aliphatic carboxylic acids is 1. The third-order valence-corrected chi connectivity index (χ3v) is 3.33. The minimum Gasteiger partial charge on any atom is -0.481 e. The lowest BCUT2D eigenvalue weighted by molar-refractivity contribution is -0.136. The summed E-state index contributed by atoms with van der Waals surface area (Å²) in [6.45, 7) is 2.02. The molecule has 3 N–H and O–H groups in total. The summed E-state index contributed by atoms with van der Waals surface area (Å²) >= 11 is 0. The van der Waals surface area contributed by atoms with E-state index in [2.05, 4.69) is 0 Å². The molecule has 0 bridgehead atoms. The summed E-state index contributed by atoms with van der Waals surface area (Å²) in [6, 6.07) is 0. The Morgan fingerprint density at radius 3 is 2.22 bits per heavy atom. The summed E-state index contributed by atoms with van der Waals surface area (Å²) in [5.74, 6) is -0.822. The Kier molecular flexibility index (Phi) is 15.4. The van der Waals surface area contributed by atoms with Gasteiger partial charge in [0.05, 0.1) is 12.2 Å². The molecule has 0 aromatic rings. The maximum absolute atomic E-state index is 11.4. The number of aliphatic hydroxyl groups excluding tert-OH is 2. The highest BCUT2D eigenvalue weighted by Gasteiger charge is 2.10. The van der Waals surface area contributed by atoms with E-state index in [1.807, 2.05) is 19.1 Å². The van der Waals surface area contributed by atoms with Gasteiger partial charge in [-0.1, -0.05) is 73.8 Å². The topological polar surface area (TPSA) is 94.8 Å². The molecule has 0 aliphatic rings. The number of rotatable bonds is 14. The molecular formula is C22H30O5. The lowest BCUT2D eigenvalue weighted by Crippen LogP contribution is -2.22. The molecule has 0 fully saturated rings. The quantitative estimate of drug-likeness (QED) is 0.245. The van der Waals surface area contributed by atoms with Crippen molar-refractivity contribution in [3.8, 4) is 0 Å². The molecule has 0 rings (SSSR count). The molecule has 0 amide bonds. The van der Waals surface area contributed by atoms with Crippen LogP contribution in [-0.2, 0) is 9.59 Å². The van der Waals surface area contributed by atoms with Gasteiger partial charge in [0.25, 0.3) is 0 Å². The molecule has 0 saturated heterocycles. The van der Waals surface area contributed by atoms with Crippen LogP contribution in [0.3, 0.4) is 0 Å². The summed E-state index contributed by atoms with van der Waals surface area (Å²) < 4.78 is 0. The molecule has 0 unspecified atom stereocenters. The second-order valence-corrected chi connectivity index (χ2v) is 5.76. The number of allylic oxidation sites excluding steroid dienone is 10. The summed E-state index contributed by atoms with van der Waals surface area (Å²) in [6.07, 6.45) is 20.5. The predicted octanol–water partition coefficient (Wildman–Crippen LogP) is 3.67. The maximum Gasteiger partial charge on any atom is 0.303 e.